The van der Waals surface area contributed by atoms with E-state index in [-0.39, 0.29) is 5.54 Å². The Morgan fingerprint density at radius 1 is 1.32 bits per heavy atom. The van der Waals surface area contributed by atoms with Crippen molar-refractivity contribution in [3.63, 3.8) is 0 Å². The Morgan fingerprint density at radius 2 is 2.05 bits per heavy atom. The van der Waals surface area contributed by atoms with E-state index in [1.165, 1.54) is 37.8 Å². The third kappa shape index (κ3) is 3.34. The predicted octanol–water partition coefficient (Wildman–Crippen LogP) is 2.87. The average Bonchev–Trinajstić information content (AvgIpc) is 2.88. The van der Waals surface area contributed by atoms with Gasteiger partial charge in [0.05, 0.1) is 5.69 Å². The van der Waals surface area contributed by atoms with Crippen LogP contribution >= 0.6 is 0 Å². The van der Waals surface area contributed by atoms with Gasteiger partial charge in [-0.1, -0.05) is 25.8 Å². The highest BCUT2D eigenvalue weighted by molar-refractivity contribution is 5.11. The van der Waals surface area contributed by atoms with E-state index in [2.05, 4.69) is 41.9 Å². The molecule has 1 aliphatic rings. The fraction of sp³-hybridized carbons (Fsp3) is 0.688. The summed E-state index contributed by atoms with van der Waals surface area (Å²) in [6.07, 6.45) is 6.30. The molecule has 2 N–H and O–H groups in total. The maximum absolute atomic E-state index is 6.12. The maximum Gasteiger partial charge on any atom is 0.0547 e. The van der Waals surface area contributed by atoms with Crippen molar-refractivity contribution in [1.82, 2.24) is 9.88 Å². The van der Waals surface area contributed by atoms with Gasteiger partial charge in [0, 0.05) is 24.3 Å². The normalized spacial score (nSPS) is 18.1. The summed E-state index contributed by atoms with van der Waals surface area (Å²) in [6.45, 7) is 7.14. The minimum absolute atomic E-state index is 0.224. The minimum Gasteiger partial charge on any atom is -0.329 e. The first kappa shape index (κ1) is 14.5. The number of aromatic nitrogens is 1. The van der Waals surface area contributed by atoms with Crippen molar-refractivity contribution in [1.29, 1.82) is 0 Å². The fourth-order valence-corrected chi connectivity index (χ4v) is 3.32. The molecule has 3 nitrogen and oxygen atoms in total. The van der Waals surface area contributed by atoms with E-state index in [0.29, 0.717) is 0 Å². The van der Waals surface area contributed by atoms with Gasteiger partial charge in [-0.3, -0.25) is 9.88 Å². The number of hydrogen-bond donors (Lipinski definition) is 1. The van der Waals surface area contributed by atoms with Crippen LogP contribution in [0.1, 0.15) is 50.4 Å². The highest BCUT2D eigenvalue weighted by Crippen LogP contribution is 2.35. The molecule has 1 aliphatic carbocycles. The van der Waals surface area contributed by atoms with Gasteiger partial charge in [0.2, 0.25) is 0 Å². The van der Waals surface area contributed by atoms with Crippen LogP contribution in [0.3, 0.4) is 0 Å². The summed E-state index contributed by atoms with van der Waals surface area (Å²) >= 11 is 0. The van der Waals surface area contributed by atoms with Crippen molar-refractivity contribution in [2.75, 3.05) is 13.1 Å². The molecule has 0 saturated heterocycles. The van der Waals surface area contributed by atoms with Crippen molar-refractivity contribution in [2.45, 2.75) is 58.0 Å². The van der Waals surface area contributed by atoms with Gasteiger partial charge in [0.1, 0.15) is 0 Å². The minimum atomic E-state index is 0.224. The zero-order chi connectivity index (χ0) is 13.7. The Bertz CT molecular complexity index is 397. The van der Waals surface area contributed by atoms with Gasteiger partial charge >= 0.3 is 0 Å². The molecular formula is C16H27N3. The largest absolute Gasteiger partial charge is 0.329 e. The van der Waals surface area contributed by atoms with Crippen LogP contribution in [0.4, 0.5) is 0 Å². The van der Waals surface area contributed by atoms with Gasteiger partial charge < -0.3 is 5.73 Å². The highest BCUT2D eigenvalue weighted by atomic mass is 15.2. The van der Waals surface area contributed by atoms with Crippen molar-refractivity contribution in [2.24, 2.45) is 5.73 Å². The van der Waals surface area contributed by atoms with Gasteiger partial charge in [-0.25, -0.2) is 0 Å². The molecule has 1 saturated carbocycles. The SMILES string of the molecule is CCCN(Cc1cccc(C)n1)C1(CN)CCCC1. The van der Waals surface area contributed by atoms with Crippen LogP contribution in [0.15, 0.2) is 18.2 Å². The average molecular weight is 261 g/mol. The summed E-state index contributed by atoms with van der Waals surface area (Å²) in [5.41, 5.74) is 8.62. The molecule has 2 rings (SSSR count). The molecule has 1 aromatic rings. The van der Waals surface area contributed by atoms with Gasteiger partial charge in [-0.2, -0.15) is 0 Å². The van der Waals surface area contributed by atoms with Crippen LogP contribution < -0.4 is 5.73 Å². The van der Waals surface area contributed by atoms with Gasteiger partial charge in [0.15, 0.2) is 0 Å². The Hall–Kier alpha value is -0.930. The first-order valence-corrected chi connectivity index (χ1v) is 7.58. The molecule has 0 unspecified atom stereocenters. The number of aryl methyl sites for hydroxylation is 1. The van der Waals surface area contributed by atoms with Crippen molar-refractivity contribution in [3.05, 3.63) is 29.6 Å². The summed E-state index contributed by atoms with van der Waals surface area (Å²) in [6, 6.07) is 6.29. The lowest BCUT2D eigenvalue weighted by atomic mass is 9.94. The second kappa shape index (κ2) is 6.49. The maximum atomic E-state index is 6.12. The van der Waals surface area contributed by atoms with E-state index in [9.17, 15) is 0 Å². The lowest BCUT2D eigenvalue weighted by Crippen LogP contribution is -2.51. The number of nitrogens with zero attached hydrogens (tertiary/aromatic N) is 2. The quantitative estimate of drug-likeness (QED) is 0.856. The zero-order valence-electron chi connectivity index (χ0n) is 12.4. The van der Waals surface area contributed by atoms with Crippen LogP contribution in [0, 0.1) is 6.92 Å². The van der Waals surface area contributed by atoms with Crippen molar-refractivity contribution in [3.8, 4) is 0 Å². The summed E-state index contributed by atoms with van der Waals surface area (Å²) < 4.78 is 0. The van der Waals surface area contributed by atoms with E-state index in [0.717, 1.165) is 25.3 Å². The van der Waals surface area contributed by atoms with E-state index >= 15 is 0 Å². The summed E-state index contributed by atoms with van der Waals surface area (Å²) in [4.78, 5) is 7.23. The summed E-state index contributed by atoms with van der Waals surface area (Å²) in [7, 11) is 0. The number of pyridine rings is 1. The van der Waals surface area contributed by atoms with Crippen molar-refractivity contribution < 1.29 is 0 Å². The van der Waals surface area contributed by atoms with Gasteiger partial charge in [-0.05, 0) is 44.9 Å². The van der Waals surface area contributed by atoms with E-state index < -0.39 is 0 Å². The second-order valence-electron chi connectivity index (χ2n) is 5.83. The smallest absolute Gasteiger partial charge is 0.0547 e. The molecule has 3 heteroatoms. The predicted molar refractivity (Wildman–Crippen MR) is 79.9 cm³/mol. The fourth-order valence-electron chi connectivity index (χ4n) is 3.32. The van der Waals surface area contributed by atoms with Crippen molar-refractivity contribution >= 4 is 0 Å². The molecule has 0 radical (unpaired) electrons. The van der Waals surface area contributed by atoms with E-state index in [1.54, 1.807) is 0 Å². The lowest BCUT2D eigenvalue weighted by molar-refractivity contribution is 0.0889. The van der Waals surface area contributed by atoms with Crippen LogP contribution in [-0.4, -0.2) is 28.5 Å². The Labute approximate surface area is 117 Å². The van der Waals surface area contributed by atoms with Crippen LogP contribution in [-0.2, 0) is 6.54 Å². The molecule has 1 heterocycles. The number of rotatable bonds is 6. The number of hydrogen-bond acceptors (Lipinski definition) is 3. The molecule has 0 spiro atoms. The third-order valence-corrected chi connectivity index (χ3v) is 4.38. The molecule has 19 heavy (non-hydrogen) atoms. The third-order valence-electron chi connectivity index (χ3n) is 4.38. The van der Waals surface area contributed by atoms with Crippen LogP contribution in [0.25, 0.3) is 0 Å². The molecular weight excluding hydrogens is 234 g/mol. The molecule has 0 amide bonds. The molecule has 0 aromatic carbocycles. The highest BCUT2D eigenvalue weighted by Gasteiger charge is 2.37. The van der Waals surface area contributed by atoms with E-state index in [1.807, 2.05) is 0 Å². The molecule has 106 valence electrons. The first-order chi connectivity index (χ1) is 9.20. The monoisotopic (exact) mass is 261 g/mol. The first-order valence-electron chi connectivity index (χ1n) is 7.58. The number of nitrogens with two attached hydrogens (primary N) is 1. The molecule has 1 fully saturated rings. The second-order valence-corrected chi connectivity index (χ2v) is 5.83. The van der Waals surface area contributed by atoms with Crippen LogP contribution in [0.2, 0.25) is 0 Å². The van der Waals surface area contributed by atoms with Gasteiger partial charge in [0.25, 0.3) is 0 Å². The topological polar surface area (TPSA) is 42.2 Å². The van der Waals surface area contributed by atoms with Crippen LogP contribution in [0.5, 0.6) is 0 Å². The lowest BCUT2D eigenvalue weighted by Gasteiger charge is -2.40. The standard InChI is InChI=1S/C16H27N3/c1-3-11-19(16(13-17)9-4-5-10-16)12-15-8-6-7-14(2)18-15/h6-8H,3-5,9-13,17H2,1-2H3. The molecule has 0 atom stereocenters. The molecule has 0 bridgehead atoms. The summed E-state index contributed by atoms with van der Waals surface area (Å²) in [5.74, 6) is 0. The Morgan fingerprint density at radius 3 is 2.63 bits per heavy atom. The molecule has 1 aromatic heterocycles. The zero-order valence-corrected chi connectivity index (χ0v) is 12.4. The Balaban J connectivity index is 2.15. The Kier molecular flexibility index (Phi) is 4.94. The molecule has 0 aliphatic heterocycles. The summed E-state index contributed by atoms with van der Waals surface area (Å²) in [5, 5.41) is 0. The van der Waals surface area contributed by atoms with E-state index in [4.69, 9.17) is 5.73 Å². The van der Waals surface area contributed by atoms with Gasteiger partial charge in [-0.15, -0.1) is 0 Å².